The Hall–Kier alpha value is -2.04. The molecule has 1 aliphatic rings. The lowest BCUT2D eigenvalue weighted by Gasteiger charge is -2.34. The van der Waals surface area contributed by atoms with E-state index in [0.29, 0.717) is 32.5 Å². The van der Waals surface area contributed by atoms with Gasteiger partial charge in [-0.2, -0.15) is 0 Å². The van der Waals surface area contributed by atoms with Gasteiger partial charge in [0.1, 0.15) is 5.60 Å². The Labute approximate surface area is 150 Å². The molecule has 2 amide bonds. The second kappa shape index (κ2) is 7.89. The van der Waals surface area contributed by atoms with E-state index in [2.05, 4.69) is 19.1 Å². The Bertz CT molecular complexity index is 614. The summed E-state index contributed by atoms with van der Waals surface area (Å²) in [6.45, 7) is 9.42. The number of carbonyl (C=O) groups is 2. The van der Waals surface area contributed by atoms with E-state index >= 15 is 0 Å². The first-order chi connectivity index (χ1) is 11.7. The van der Waals surface area contributed by atoms with Gasteiger partial charge in [-0.05, 0) is 51.7 Å². The number of piperidine rings is 1. The molecule has 5 heteroatoms. The van der Waals surface area contributed by atoms with E-state index in [-0.39, 0.29) is 17.9 Å². The van der Waals surface area contributed by atoms with E-state index in [1.807, 2.05) is 40.0 Å². The fraction of sp³-hybridized carbons (Fsp3) is 0.600. The van der Waals surface area contributed by atoms with Gasteiger partial charge in [-0.1, -0.05) is 24.3 Å². The van der Waals surface area contributed by atoms with E-state index in [1.165, 1.54) is 11.1 Å². The molecule has 1 heterocycles. The topological polar surface area (TPSA) is 49.9 Å². The second-order valence-corrected chi connectivity index (χ2v) is 7.86. The van der Waals surface area contributed by atoms with Gasteiger partial charge in [0.25, 0.3) is 0 Å². The number of nitrogens with zero attached hydrogens (tertiary/aromatic N) is 2. The first-order valence-electron chi connectivity index (χ1n) is 8.95. The van der Waals surface area contributed by atoms with Gasteiger partial charge in [0.05, 0.1) is 0 Å². The zero-order chi connectivity index (χ0) is 18.6. The number of amides is 2. The number of likely N-dealkylation sites (tertiary alicyclic amines) is 1. The van der Waals surface area contributed by atoms with E-state index in [9.17, 15) is 9.59 Å². The summed E-state index contributed by atoms with van der Waals surface area (Å²) in [6, 6.07) is 8.13. The first-order valence-corrected chi connectivity index (χ1v) is 8.95. The van der Waals surface area contributed by atoms with Gasteiger partial charge in [0.2, 0.25) is 5.91 Å². The van der Waals surface area contributed by atoms with Gasteiger partial charge < -0.3 is 14.5 Å². The van der Waals surface area contributed by atoms with Crippen molar-refractivity contribution in [2.24, 2.45) is 5.92 Å². The van der Waals surface area contributed by atoms with Crippen LogP contribution in [0.2, 0.25) is 0 Å². The molecule has 1 saturated heterocycles. The average Bonchev–Trinajstić information content (AvgIpc) is 2.55. The Morgan fingerprint density at radius 2 is 1.80 bits per heavy atom. The third-order valence-corrected chi connectivity index (χ3v) is 4.54. The maximum atomic E-state index is 12.7. The standard InChI is InChI=1S/C20H30N2O3/c1-15-8-6-7-9-17(15)14-21(5)18(23)16-10-12-22(13-11-16)19(24)25-20(2,3)4/h6-9,16H,10-14H2,1-5H3. The molecule has 5 nitrogen and oxygen atoms in total. The zero-order valence-corrected chi connectivity index (χ0v) is 16.0. The second-order valence-electron chi connectivity index (χ2n) is 7.86. The number of rotatable bonds is 3. The molecule has 1 fully saturated rings. The summed E-state index contributed by atoms with van der Waals surface area (Å²) in [7, 11) is 1.86. The lowest BCUT2D eigenvalue weighted by Crippen LogP contribution is -2.45. The molecular weight excluding hydrogens is 316 g/mol. The predicted octanol–water partition coefficient (Wildman–Crippen LogP) is 3.60. The third-order valence-electron chi connectivity index (χ3n) is 4.54. The lowest BCUT2D eigenvalue weighted by molar-refractivity contribution is -0.136. The molecule has 1 aromatic rings. The Kier molecular flexibility index (Phi) is 6.09. The zero-order valence-electron chi connectivity index (χ0n) is 16.0. The molecule has 0 aliphatic carbocycles. The molecule has 0 saturated carbocycles. The molecule has 0 atom stereocenters. The number of ether oxygens (including phenoxy) is 1. The fourth-order valence-corrected chi connectivity index (χ4v) is 3.07. The largest absolute Gasteiger partial charge is 0.444 e. The monoisotopic (exact) mass is 346 g/mol. The molecule has 0 radical (unpaired) electrons. The van der Waals surface area contributed by atoms with Crippen molar-refractivity contribution in [2.75, 3.05) is 20.1 Å². The SMILES string of the molecule is Cc1ccccc1CN(C)C(=O)C1CCN(C(=O)OC(C)(C)C)CC1. The van der Waals surface area contributed by atoms with Crippen LogP contribution in [0, 0.1) is 12.8 Å². The van der Waals surface area contributed by atoms with Gasteiger partial charge in [-0.3, -0.25) is 4.79 Å². The van der Waals surface area contributed by atoms with Crippen LogP contribution in [0.5, 0.6) is 0 Å². The van der Waals surface area contributed by atoms with Crippen LogP contribution in [0.3, 0.4) is 0 Å². The third kappa shape index (κ3) is 5.48. The summed E-state index contributed by atoms with van der Waals surface area (Å²) >= 11 is 0. The smallest absolute Gasteiger partial charge is 0.410 e. The number of hydrogen-bond donors (Lipinski definition) is 0. The maximum absolute atomic E-state index is 12.7. The maximum Gasteiger partial charge on any atom is 0.410 e. The molecule has 2 rings (SSSR count). The Morgan fingerprint density at radius 3 is 2.36 bits per heavy atom. The van der Waals surface area contributed by atoms with Gasteiger partial charge in [-0.15, -0.1) is 0 Å². The molecular formula is C20H30N2O3. The Morgan fingerprint density at radius 1 is 1.20 bits per heavy atom. The average molecular weight is 346 g/mol. The number of aryl methyl sites for hydroxylation is 1. The van der Waals surface area contributed by atoms with Crippen LogP contribution >= 0.6 is 0 Å². The van der Waals surface area contributed by atoms with Crippen molar-refractivity contribution in [2.45, 2.75) is 52.7 Å². The van der Waals surface area contributed by atoms with Gasteiger partial charge in [-0.25, -0.2) is 4.79 Å². The summed E-state index contributed by atoms with van der Waals surface area (Å²) in [5.41, 5.74) is 1.88. The molecule has 25 heavy (non-hydrogen) atoms. The molecule has 0 aromatic heterocycles. The first kappa shape index (κ1) is 19.3. The molecule has 0 spiro atoms. The highest BCUT2D eigenvalue weighted by molar-refractivity contribution is 5.79. The van der Waals surface area contributed by atoms with E-state index in [0.717, 1.165) is 0 Å². The number of benzene rings is 1. The molecule has 1 aromatic carbocycles. The summed E-state index contributed by atoms with van der Waals surface area (Å²) < 4.78 is 5.40. The quantitative estimate of drug-likeness (QED) is 0.840. The van der Waals surface area contributed by atoms with Crippen molar-refractivity contribution in [1.82, 2.24) is 9.80 Å². The minimum Gasteiger partial charge on any atom is -0.444 e. The lowest BCUT2D eigenvalue weighted by atomic mass is 9.95. The molecule has 138 valence electrons. The summed E-state index contributed by atoms with van der Waals surface area (Å²) in [5.74, 6) is 0.139. The highest BCUT2D eigenvalue weighted by Crippen LogP contribution is 2.22. The van der Waals surface area contributed by atoms with Crippen molar-refractivity contribution in [3.8, 4) is 0 Å². The van der Waals surface area contributed by atoms with Crippen LogP contribution < -0.4 is 0 Å². The summed E-state index contributed by atoms with van der Waals surface area (Å²) in [5, 5.41) is 0. The van der Waals surface area contributed by atoms with Gasteiger partial charge in [0, 0.05) is 32.6 Å². The van der Waals surface area contributed by atoms with Crippen molar-refractivity contribution in [3.05, 3.63) is 35.4 Å². The Balaban J connectivity index is 1.86. The van der Waals surface area contributed by atoms with Crippen LogP contribution in [-0.2, 0) is 16.1 Å². The summed E-state index contributed by atoms with van der Waals surface area (Å²) in [4.78, 5) is 28.3. The minimum atomic E-state index is -0.489. The van der Waals surface area contributed by atoms with Crippen molar-refractivity contribution < 1.29 is 14.3 Å². The van der Waals surface area contributed by atoms with Crippen LogP contribution in [0.25, 0.3) is 0 Å². The normalized spacial score (nSPS) is 15.8. The molecule has 1 aliphatic heterocycles. The highest BCUT2D eigenvalue weighted by atomic mass is 16.6. The van der Waals surface area contributed by atoms with E-state index in [1.54, 1.807) is 9.80 Å². The van der Waals surface area contributed by atoms with E-state index < -0.39 is 5.60 Å². The molecule has 0 N–H and O–H groups in total. The van der Waals surface area contributed by atoms with Crippen LogP contribution in [-0.4, -0.2) is 47.5 Å². The molecule has 0 unspecified atom stereocenters. The number of hydrogen-bond acceptors (Lipinski definition) is 3. The van der Waals surface area contributed by atoms with Crippen LogP contribution in [0.4, 0.5) is 4.79 Å². The minimum absolute atomic E-state index is 0.0206. The molecule has 0 bridgehead atoms. The number of carbonyl (C=O) groups excluding carboxylic acids is 2. The van der Waals surface area contributed by atoms with Crippen molar-refractivity contribution in [3.63, 3.8) is 0 Å². The fourth-order valence-electron chi connectivity index (χ4n) is 3.07. The predicted molar refractivity (Wildman–Crippen MR) is 98.2 cm³/mol. The summed E-state index contributed by atoms with van der Waals surface area (Å²) in [6.07, 6.45) is 1.10. The van der Waals surface area contributed by atoms with Gasteiger partial charge in [0.15, 0.2) is 0 Å². The highest BCUT2D eigenvalue weighted by Gasteiger charge is 2.31. The van der Waals surface area contributed by atoms with E-state index in [4.69, 9.17) is 4.74 Å². The van der Waals surface area contributed by atoms with Crippen LogP contribution in [0.1, 0.15) is 44.7 Å². The van der Waals surface area contributed by atoms with Gasteiger partial charge >= 0.3 is 6.09 Å². The van der Waals surface area contributed by atoms with Crippen LogP contribution in [0.15, 0.2) is 24.3 Å². The van der Waals surface area contributed by atoms with Crippen molar-refractivity contribution >= 4 is 12.0 Å². The van der Waals surface area contributed by atoms with Crippen molar-refractivity contribution in [1.29, 1.82) is 0 Å².